The Hall–Kier alpha value is -0.380. The molecule has 0 aromatic heterocycles. The highest BCUT2D eigenvalue weighted by Gasteiger charge is 2.06. The molecule has 0 amide bonds. The van der Waals surface area contributed by atoms with E-state index >= 15 is 0 Å². The normalized spacial score (nSPS) is 11.9. The van der Waals surface area contributed by atoms with Crippen LogP contribution in [-0.2, 0) is 17.3 Å². The predicted molar refractivity (Wildman–Crippen MR) is 63.0 cm³/mol. The van der Waals surface area contributed by atoms with E-state index in [9.17, 15) is 4.21 Å². The first-order valence-corrected chi connectivity index (χ1v) is 5.75. The summed E-state index contributed by atoms with van der Waals surface area (Å²) in [7, 11) is -0.949. The van der Waals surface area contributed by atoms with Gasteiger partial charge in [0.05, 0.1) is 10.8 Å². The zero-order valence-electron chi connectivity index (χ0n) is 7.42. The molecule has 0 spiro atoms. The van der Waals surface area contributed by atoms with Crippen molar-refractivity contribution in [3.63, 3.8) is 0 Å². The Bertz CT molecular complexity index is 328. The third-order valence-corrected chi connectivity index (χ3v) is 3.40. The molecule has 1 atom stereocenters. The molecule has 4 heteroatoms. The van der Waals surface area contributed by atoms with Gasteiger partial charge in [0.1, 0.15) is 0 Å². The van der Waals surface area contributed by atoms with Crippen LogP contribution in [0.4, 0.5) is 0 Å². The molecule has 2 nitrogen and oxygen atoms in total. The van der Waals surface area contributed by atoms with Crippen molar-refractivity contribution in [2.24, 2.45) is 5.73 Å². The van der Waals surface area contributed by atoms with Gasteiger partial charge in [0.2, 0.25) is 0 Å². The molecule has 1 aromatic carbocycles. The topological polar surface area (TPSA) is 43.1 Å². The second-order valence-electron chi connectivity index (χ2n) is 2.59. The molecule has 14 heavy (non-hydrogen) atoms. The second kappa shape index (κ2) is 6.17. The summed E-state index contributed by atoms with van der Waals surface area (Å²) in [5.41, 5.74) is 6.39. The van der Waals surface area contributed by atoms with Crippen molar-refractivity contribution >= 4 is 22.4 Å². The fourth-order valence-corrected chi connectivity index (χ4v) is 2.25. The molecule has 0 aliphatic rings. The Kier molecular flexibility index (Phi) is 6.00. The van der Waals surface area contributed by atoms with Gasteiger partial charge in [-0.15, -0.1) is 0 Å². The first-order chi connectivity index (χ1) is 6.19. The summed E-state index contributed by atoms with van der Waals surface area (Å²) in [6.07, 6.45) is 0. The van der Waals surface area contributed by atoms with Crippen LogP contribution in [0.3, 0.4) is 0 Å². The molecule has 0 aliphatic carbocycles. The van der Waals surface area contributed by atoms with Gasteiger partial charge >= 0.3 is 0 Å². The van der Waals surface area contributed by atoms with E-state index in [1.54, 1.807) is 18.2 Å². The molecule has 0 heterocycles. The van der Waals surface area contributed by atoms with E-state index in [2.05, 4.69) is 0 Å². The van der Waals surface area contributed by atoms with Gasteiger partial charge in [-0.1, -0.05) is 26.0 Å². The minimum Gasteiger partial charge on any atom is -0.326 e. The smallest absolute Gasteiger partial charge is 0.0530 e. The summed E-state index contributed by atoms with van der Waals surface area (Å²) < 4.78 is 11.5. The number of rotatable bonds is 3. The van der Waals surface area contributed by atoms with E-state index in [0.29, 0.717) is 17.3 Å². The lowest BCUT2D eigenvalue weighted by Gasteiger charge is -2.06. The first-order valence-electron chi connectivity index (χ1n) is 4.06. The molecular weight excluding hydrogens is 218 g/mol. The fraction of sp³-hybridized carbons (Fsp3) is 0.400. The number of benzene rings is 1. The molecule has 1 rings (SSSR count). The molecular formula is C10H16ClNOS. The maximum absolute atomic E-state index is 11.5. The van der Waals surface area contributed by atoms with Crippen LogP contribution >= 0.6 is 11.6 Å². The van der Waals surface area contributed by atoms with Crippen LogP contribution in [0, 0.1) is 0 Å². The lowest BCUT2D eigenvalue weighted by molar-refractivity contribution is 0.683. The van der Waals surface area contributed by atoms with Gasteiger partial charge < -0.3 is 5.73 Å². The number of nitrogens with two attached hydrogens (primary N) is 1. The Morgan fingerprint density at radius 3 is 2.64 bits per heavy atom. The molecule has 1 unspecified atom stereocenters. The molecule has 0 bridgehead atoms. The highest BCUT2D eigenvalue weighted by Crippen LogP contribution is 2.18. The SMILES string of the molecule is C.CCS(=O)c1ccc(Cl)cc1CN. The standard InChI is InChI=1S/C9H12ClNOS.CH4/c1-2-13(12)9-4-3-8(10)5-7(9)6-11;/h3-5H,2,6,11H2,1H3;1H4. The Labute approximate surface area is 92.9 Å². The molecule has 2 N–H and O–H groups in total. The summed E-state index contributed by atoms with van der Waals surface area (Å²) in [5, 5.41) is 0.636. The summed E-state index contributed by atoms with van der Waals surface area (Å²) >= 11 is 5.79. The number of hydrogen-bond acceptors (Lipinski definition) is 2. The third-order valence-electron chi connectivity index (χ3n) is 1.75. The van der Waals surface area contributed by atoms with Gasteiger partial charge in [-0.2, -0.15) is 0 Å². The largest absolute Gasteiger partial charge is 0.326 e. The van der Waals surface area contributed by atoms with Crippen molar-refractivity contribution in [2.75, 3.05) is 5.75 Å². The van der Waals surface area contributed by atoms with Gasteiger partial charge in [0.15, 0.2) is 0 Å². The van der Waals surface area contributed by atoms with Crippen molar-refractivity contribution in [2.45, 2.75) is 25.8 Å². The van der Waals surface area contributed by atoms with E-state index in [0.717, 1.165) is 10.5 Å². The monoisotopic (exact) mass is 233 g/mol. The third kappa shape index (κ3) is 3.08. The van der Waals surface area contributed by atoms with E-state index in [1.807, 2.05) is 6.92 Å². The van der Waals surface area contributed by atoms with Crippen LogP contribution < -0.4 is 5.73 Å². The molecule has 0 fully saturated rings. The number of hydrogen-bond donors (Lipinski definition) is 1. The zero-order valence-corrected chi connectivity index (χ0v) is 8.99. The van der Waals surface area contributed by atoms with Gasteiger partial charge in [0, 0.05) is 22.2 Å². The second-order valence-corrected chi connectivity index (χ2v) is 4.74. The van der Waals surface area contributed by atoms with Crippen molar-refractivity contribution < 1.29 is 4.21 Å². The predicted octanol–water partition coefficient (Wildman–Crippen LogP) is 2.56. The van der Waals surface area contributed by atoms with Crippen LogP contribution in [0.15, 0.2) is 23.1 Å². The maximum atomic E-state index is 11.5. The maximum Gasteiger partial charge on any atom is 0.0530 e. The highest BCUT2D eigenvalue weighted by atomic mass is 35.5. The summed E-state index contributed by atoms with van der Waals surface area (Å²) in [6.45, 7) is 2.26. The van der Waals surface area contributed by atoms with Crippen LogP contribution in [0.5, 0.6) is 0 Å². The number of halogens is 1. The van der Waals surface area contributed by atoms with Gasteiger partial charge in [0.25, 0.3) is 0 Å². The Balaban J connectivity index is 0.00000169. The van der Waals surface area contributed by atoms with Crippen LogP contribution in [0.1, 0.15) is 19.9 Å². The quantitative estimate of drug-likeness (QED) is 0.872. The van der Waals surface area contributed by atoms with Crippen LogP contribution in [-0.4, -0.2) is 9.96 Å². The van der Waals surface area contributed by atoms with Gasteiger partial charge in [-0.25, -0.2) is 0 Å². The molecule has 1 aromatic rings. The summed E-state index contributed by atoms with van der Waals surface area (Å²) in [4.78, 5) is 0.800. The fourth-order valence-electron chi connectivity index (χ4n) is 1.09. The zero-order chi connectivity index (χ0) is 9.84. The van der Waals surface area contributed by atoms with Gasteiger partial charge in [-0.3, -0.25) is 4.21 Å². The lowest BCUT2D eigenvalue weighted by atomic mass is 10.2. The van der Waals surface area contributed by atoms with Crippen LogP contribution in [0.2, 0.25) is 5.02 Å². The van der Waals surface area contributed by atoms with Gasteiger partial charge in [-0.05, 0) is 23.8 Å². The van der Waals surface area contributed by atoms with E-state index < -0.39 is 10.8 Å². The Morgan fingerprint density at radius 1 is 1.50 bits per heavy atom. The van der Waals surface area contributed by atoms with Crippen molar-refractivity contribution in [1.82, 2.24) is 0 Å². The molecule has 0 radical (unpaired) electrons. The highest BCUT2D eigenvalue weighted by molar-refractivity contribution is 7.85. The summed E-state index contributed by atoms with van der Waals surface area (Å²) in [5.74, 6) is 0.606. The molecule has 0 saturated heterocycles. The lowest BCUT2D eigenvalue weighted by Crippen LogP contribution is -2.04. The van der Waals surface area contributed by atoms with E-state index in [-0.39, 0.29) is 7.43 Å². The molecule has 0 aliphatic heterocycles. The molecule has 80 valence electrons. The van der Waals surface area contributed by atoms with Crippen molar-refractivity contribution in [3.8, 4) is 0 Å². The first kappa shape index (κ1) is 13.6. The Morgan fingerprint density at radius 2 is 2.14 bits per heavy atom. The summed E-state index contributed by atoms with van der Waals surface area (Å²) in [6, 6.07) is 5.29. The minimum atomic E-state index is -0.949. The minimum absolute atomic E-state index is 0. The average molecular weight is 234 g/mol. The van der Waals surface area contributed by atoms with E-state index in [4.69, 9.17) is 17.3 Å². The average Bonchev–Trinajstić information content (AvgIpc) is 2.16. The van der Waals surface area contributed by atoms with Crippen LogP contribution in [0.25, 0.3) is 0 Å². The van der Waals surface area contributed by atoms with E-state index in [1.165, 1.54) is 0 Å². The van der Waals surface area contributed by atoms with Crippen molar-refractivity contribution in [1.29, 1.82) is 0 Å². The van der Waals surface area contributed by atoms with Crippen molar-refractivity contribution in [3.05, 3.63) is 28.8 Å². The molecule has 0 saturated carbocycles.